The van der Waals surface area contributed by atoms with Crippen molar-refractivity contribution in [3.8, 4) is 0 Å². The van der Waals surface area contributed by atoms with Crippen LogP contribution >= 0.6 is 0 Å². The molecule has 4 heteroatoms. The first-order valence-corrected chi connectivity index (χ1v) is 6.24. The Hall–Kier alpha value is -1.84. The molecule has 0 radical (unpaired) electrons. The zero-order valence-electron chi connectivity index (χ0n) is 10.9. The summed E-state index contributed by atoms with van der Waals surface area (Å²) in [5.41, 5.74) is 1.19. The number of hydrogen-bond donors (Lipinski definition) is 1. The number of ether oxygens (including phenoxy) is 1. The second kappa shape index (κ2) is 7.48. The Kier molecular flexibility index (Phi) is 5.91. The number of carbonyl (C=O) groups excluding carboxylic acids is 2. The second-order valence-corrected chi connectivity index (χ2v) is 3.97. The fourth-order valence-corrected chi connectivity index (χ4v) is 1.33. The smallest absolute Gasteiger partial charge is 0.338 e. The number of rotatable bonds is 6. The van der Waals surface area contributed by atoms with E-state index in [1.165, 1.54) is 0 Å². The Balaban J connectivity index is 2.54. The number of carbonyl (C=O) groups is 2. The molecule has 0 aliphatic rings. The van der Waals surface area contributed by atoms with Gasteiger partial charge in [0.1, 0.15) is 0 Å². The monoisotopic (exact) mass is 249 g/mol. The summed E-state index contributed by atoms with van der Waals surface area (Å²) in [4.78, 5) is 22.8. The number of unbranched alkanes of at least 4 members (excludes halogenated alkanes) is 1. The maximum atomic E-state index is 11.6. The molecule has 0 saturated heterocycles. The molecule has 0 bridgehead atoms. The van der Waals surface area contributed by atoms with Crippen LogP contribution in [-0.4, -0.2) is 18.5 Å². The van der Waals surface area contributed by atoms with Crippen LogP contribution in [0.15, 0.2) is 24.3 Å². The van der Waals surface area contributed by atoms with Crippen molar-refractivity contribution in [2.45, 2.75) is 33.1 Å². The van der Waals surface area contributed by atoms with Crippen molar-refractivity contribution in [3.63, 3.8) is 0 Å². The van der Waals surface area contributed by atoms with Gasteiger partial charge in [-0.15, -0.1) is 0 Å². The lowest BCUT2D eigenvalue weighted by molar-refractivity contribution is -0.115. The van der Waals surface area contributed by atoms with Gasteiger partial charge in [-0.1, -0.05) is 20.3 Å². The van der Waals surface area contributed by atoms with Gasteiger partial charge in [0, 0.05) is 12.1 Å². The number of esters is 1. The number of anilines is 1. The molecule has 1 amide bonds. The van der Waals surface area contributed by atoms with Crippen molar-refractivity contribution in [2.24, 2.45) is 0 Å². The molecular weight excluding hydrogens is 230 g/mol. The van der Waals surface area contributed by atoms with E-state index < -0.39 is 0 Å². The maximum absolute atomic E-state index is 11.6. The zero-order chi connectivity index (χ0) is 13.4. The molecule has 0 atom stereocenters. The first kappa shape index (κ1) is 14.2. The van der Waals surface area contributed by atoms with Crippen LogP contribution in [0.1, 0.15) is 43.5 Å². The summed E-state index contributed by atoms with van der Waals surface area (Å²) >= 11 is 0. The molecule has 1 rings (SSSR count). The van der Waals surface area contributed by atoms with Crippen LogP contribution in [0.5, 0.6) is 0 Å². The molecule has 1 aromatic carbocycles. The third-order valence-electron chi connectivity index (χ3n) is 2.46. The van der Waals surface area contributed by atoms with Gasteiger partial charge < -0.3 is 10.1 Å². The highest BCUT2D eigenvalue weighted by Gasteiger charge is 2.06. The van der Waals surface area contributed by atoms with Crippen LogP contribution in [0.3, 0.4) is 0 Å². The highest BCUT2D eigenvalue weighted by atomic mass is 16.5. The quantitative estimate of drug-likeness (QED) is 0.623. The summed E-state index contributed by atoms with van der Waals surface area (Å²) in [5.74, 6) is -0.370. The molecule has 0 heterocycles. The Morgan fingerprint density at radius 2 is 1.83 bits per heavy atom. The first-order chi connectivity index (χ1) is 8.67. The Morgan fingerprint density at radius 1 is 1.17 bits per heavy atom. The standard InChI is InChI=1S/C14H19NO3/c1-3-5-10-18-14(17)11-6-8-12(9-7-11)15-13(16)4-2/h6-9H,3-5,10H2,1-2H3,(H,15,16). The minimum Gasteiger partial charge on any atom is -0.462 e. The fraction of sp³-hybridized carbons (Fsp3) is 0.429. The summed E-state index contributed by atoms with van der Waals surface area (Å²) in [7, 11) is 0. The highest BCUT2D eigenvalue weighted by Crippen LogP contribution is 2.11. The number of nitrogens with one attached hydrogen (secondary N) is 1. The van der Waals surface area contributed by atoms with Crippen molar-refractivity contribution in [3.05, 3.63) is 29.8 Å². The van der Waals surface area contributed by atoms with E-state index in [0.717, 1.165) is 12.8 Å². The van der Waals surface area contributed by atoms with E-state index >= 15 is 0 Å². The van der Waals surface area contributed by atoms with Crippen LogP contribution < -0.4 is 5.32 Å². The zero-order valence-corrected chi connectivity index (χ0v) is 10.9. The summed E-state index contributed by atoms with van der Waals surface area (Å²) in [6.45, 7) is 4.28. The van der Waals surface area contributed by atoms with Gasteiger partial charge in [0.05, 0.1) is 12.2 Å². The van der Waals surface area contributed by atoms with Gasteiger partial charge in [-0.2, -0.15) is 0 Å². The molecule has 0 spiro atoms. The minimum atomic E-state index is -0.322. The average molecular weight is 249 g/mol. The lowest BCUT2D eigenvalue weighted by atomic mass is 10.2. The molecule has 0 aliphatic heterocycles. The van der Waals surface area contributed by atoms with E-state index in [-0.39, 0.29) is 11.9 Å². The van der Waals surface area contributed by atoms with Gasteiger partial charge in [0.2, 0.25) is 5.91 Å². The van der Waals surface area contributed by atoms with Crippen molar-refractivity contribution in [2.75, 3.05) is 11.9 Å². The SMILES string of the molecule is CCCCOC(=O)c1ccc(NC(=O)CC)cc1. The average Bonchev–Trinajstić information content (AvgIpc) is 2.39. The van der Waals surface area contributed by atoms with E-state index in [9.17, 15) is 9.59 Å². The molecule has 0 fully saturated rings. The van der Waals surface area contributed by atoms with Crippen LogP contribution in [0.2, 0.25) is 0 Å². The molecule has 0 aromatic heterocycles. The highest BCUT2D eigenvalue weighted by molar-refractivity contribution is 5.92. The number of amides is 1. The molecule has 1 aromatic rings. The lowest BCUT2D eigenvalue weighted by Gasteiger charge is -2.06. The van der Waals surface area contributed by atoms with Crippen molar-refractivity contribution >= 4 is 17.6 Å². The number of benzene rings is 1. The predicted molar refractivity (Wildman–Crippen MR) is 70.6 cm³/mol. The van der Waals surface area contributed by atoms with E-state index in [1.807, 2.05) is 6.92 Å². The maximum Gasteiger partial charge on any atom is 0.338 e. The molecule has 4 nitrogen and oxygen atoms in total. The molecule has 18 heavy (non-hydrogen) atoms. The van der Waals surface area contributed by atoms with E-state index in [1.54, 1.807) is 31.2 Å². The van der Waals surface area contributed by atoms with E-state index in [0.29, 0.717) is 24.3 Å². The first-order valence-electron chi connectivity index (χ1n) is 6.24. The second-order valence-electron chi connectivity index (χ2n) is 3.97. The Labute approximate surface area is 107 Å². The van der Waals surface area contributed by atoms with Crippen LogP contribution in [-0.2, 0) is 9.53 Å². The topological polar surface area (TPSA) is 55.4 Å². The summed E-state index contributed by atoms with van der Waals surface area (Å²) in [6, 6.07) is 6.70. The molecule has 0 aliphatic carbocycles. The minimum absolute atomic E-state index is 0.0479. The summed E-state index contributed by atoms with van der Waals surface area (Å²) in [5, 5.41) is 2.72. The summed E-state index contributed by atoms with van der Waals surface area (Å²) in [6.07, 6.45) is 2.30. The van der Waals surface area contributed by atoms with Gasteiger partial charge in [-0.3, -0.25) is 4.79 Å². The summed E-state index contributed by atoms with van der Waals surface area (Å²) < 4.78 is 5.08. The van der Waals surface area contributed by atoms with Crippen molar-refractivity contribution < 1.29 is 14.3 Å². The molecule has 0 saturated carbocycles. The van der Waals surface area contributed by atoms with Gasteiger partial charge in [-0.25, -0.2) is 4.79 Å². The van der Waals surface area contributed by atoms with Gasteiger partial charge in [-0.05, 0) is 30.7 Å². The van der Waals surface area contributed by atoms with E-state index in [4.69, 9.17) is 4.74 Å². The van der Waals surface area contributed by atoms with Crippen LogP contribution in [0.25, 0.3) is 0 Å². The molecule has 1 N–H and O–H groups in total. The fourth-order valence-electron chi connectivity index (χ4n) is 1.33. The molecule has 98 valence electrons. The van der Waals surface area contributed by atoms with E-state index in [2.05, 4.69) is 5.32 Å². The van der Waals surface area contributed by atoms with Crippen LogP contribution in [0, 0.1) is 0 Å². The normalized spacial score (nSPS) is 9.89. The molecular formula is C14H19NO3. The Morgan fingerprint density at radius 3 is 2.39 bits per heavy atom. The van der Waals surface area contributed by atoms with Gasteiger partial charge in [0.15, 0.2) is 0 Å². The largest absolute Gasteiger partial charge is 0.462 e. The number of hydrogen-bond acceptors (Lipinski definition) is 3. The lowest BCUT2D eigenvalue weighted by Crippen LogP contribution is -2.10. The van der Waals surface area contributed by atoms with Crippen LogP contribution in [0.4, 0.5) is 5.69 Å². The predicted octanol–water partition coefficient (Wildman–Crippen LogP) is 2.99. The van der Waals surface area contributed by atoms with Crippen molar-refractivity contribution in [1.82, 2.24) is 0 Å². The third kappa shape index (κ3) is 4.57. The van der Waals surface area contributed by atoms with Crippen molar-refractivity contribution in [1.29, 1.82) is 0 Å². The Bertz CT molecular complexity index is 398. The third-order valence-corrected chi connectivity index (χ3v) is 2.46. The van der Waals surface area contributed by atoms with Gasteiger partial charge >= 0.3 is 5.97 Å². The molecule has 0 unspecified atom stereocenters. The van der Waals surface area contributed by atoms with Gasteiger partial charge in [0.25, 0.3) is 0 Å².